The van der Waals surface area contributed by atoms with Crippen LogP contribution in [0.3, 0.4) is 0 Å². The zero-order valence-corrected chi connectivity index (χ0v) is 7.01. The molecule has 3 heteroatoms. The van der Waals surface area contributed by atoms with E-state index in [0.29, 0.717) is 0 Å². The molecule has 2 N–H and O–H groups in total. The fourth-order valence-corrected chi connectivity index (χ4v) is 0.405. The molecule has 0 aromatic heterocycles. The van der Waals surface area contributed by atoms with E-state index >= 15 is 0 Å². The largest absolute Gasteiger partial charge is 0.481 e. The number of carbonyl (C=O) groups is 1. The summed E-state index contributed by atoms with van der Waals surface area (Å²) >= 11 is 0. The molecule has 2 unspecified atom stereocenters. The van der Waals surface area contributed by atoms with Gasteiger partial charge in [0.15, 0.2) is 0 Å². The predicted octanol–water partition coefficient (Wildman–Crippen LogP) is 1.24. The molecule has 0 aliphatic rings. The third kappa shape index (κ3) is 9.43. The van der Waals surface area contributed by atoms with Crippen molar-refractivity contribution in [1.29, 1.82) is 0 Å². The van der Waals surface area contributed by atoms with E-state index in [1.54, 1.807) is 20.8 Å². The first-order chi connectivity index (χ1) is 6.48. The molecule has 0 aliphatic heterocycles. The molecule has 0 aromatic rings. The van der Waals surface area contributed by atoms with Gasteiger partial charge in [-0.05, 0) is 33.7 Å². The lowest BCUT2D eigenvalue weighted by Gasteiger charge is -2.19. The Labute approximate surface area is 73.4 Å². The van der Waals surface area contributed by atoms with Crippen LogP contribution in [-0.4, -0.2) is 23.1 Å². The third-order valence-corrected chi connectivity index (χ3v) is 0.806. The van der Waals surface area contributed by atoms with Crippen molar-refractivity contribution in [3.8, 4) is 0 Å². The van der Waals surface area contributed by atoms with Crippen molar-refractivity contribution in [3.63, 3.8) is 0 Å². The molecule has 0 bridgehead atoms. The first-order valence-corrected chi connectivity index (χ1v) is 3.34. The fraction of sp³-hybridized carbons (Fsp3) is 0.875. The van der Waals surface area contributed by atoms with Crippen molar-refractivity contribution >= 4 is 5.97 Å². The van der Waals surface area contributed by atoms with Gasteiger partial charge in [0, 0.05) is 17.4 Å². The second-order valence-corrected chi connectivity index (χ2v) is 3.18. The van der Waals surface area contributed by atoms with E-state index in [1.165, 1.54) is 0 Å². The standard InChI is InChI=1S/C8H17NO2/c1-8(2,3)9-6-4-5-7(10)11/h9H,4-6H2,1-3H3,(H,10,11)/i4D,5D2,6D. The van der Waals surface area contributed by atoms with Gasteiger partial charge in [0.1, 0.15) is 0 Å². The van der Waals surface area contributed by atoms with Crippen LogP contribution in [0.5, 0.6) is 0 Å². The van der Waals surface area contributed by atoms with Gasteiger partial charge in [0.05, 0.1) is 0 Å². The minimum Gasteiger partial charge on any atom is -0.481 e. The topological polar surface area (TPSA) is 49.3 Å². The van der Waals surface area contributed by atoms with Crippen LogP contribution in [0.4, 0.5) is 0 Å². The van der Waals surface area contributed by atoms with Gasteiger partial charge in [0.25, 0.3) is 0 Å². The molecule has 0 spiro atoms. The maximum Gasteiger partial charge on any atom is 0.303 e. The maximum absolute atomic E-state index is 10.5. The van der Waals surface area contributed by atoms with Crippen LogP contribution in [0.25, 0.3) is 0 Å². The first kappa shape index (κ1) is 5.14. The molecule has 0 saturated carbocycles. The molecule has 0 rings (SSSR count). The minimum atomic E-state index is -2.72. The summed E-state index contributed by atoms with van der Waals surface area (Å²) in [5.41, 5.74) is -0.458. The molecule has 0 amide bonds. The van der Waals surface area contributed by atoms with Crippen molar-refractivity contribution in [2.24, 2.45) is 0 Å². The maximum atomic E-state index is 10.5. The van der Waals surface area contributed by atoms with E-state index in [4.69, 9.17) is 10.6 Å². The molecule has 0 aromatic carbocycles. The van der Waals surface area contributed by atoms with Gasteiger partial charge in [-0.2, -0.15) is 0 Å². The summed E-state index contributed by atoms with van der Waals surface area (Å²) in [6.45, 7) is 4.00. The highest BCUT2D eigenvalue weighted by Gasteiger charge is 2.07. The summed E-state index contributed by atoms with van der Waals surface area (Å²) in [5.74, 6) is -1.71. The molecule has 11 heavy (non-hydrogen) atoms. The Morgan fingerprint density at radius 3 is 2.55 bits per heavy atom. The summed E-state index contributed by atoms with van der Waals surface area (Å²) in [6.07, 6.45) is -4.39. The van der Waals surface area contributed by atoms with Gasteiger partial charge in [-0.15, -0.1) is 0 Å². The SMILES string of the molecule is [2H]C(NC(C)(C)C)C([2H])C([2H])([2H])C(=O)O. The Morgan fingerprint density at radius 1 is 1.64 bits per heavy atom. The molecular formula is C8H17NO2. The van der Waals surface area contributed by atoms with Gasteiger partial charge in [0.2, 0.25) is 0 Å². The Hall–Kier alpha value is -0.570. The Balaban J connectivity index is 4.58. The zero-order valence-electron chi connectivity index (χ0n) is 11.0. The zero-order chi connectivity index (χ0) is 12.4. The number of hydrogen-bond donors (Lipinski definition) is 2. The molecule has 0 saturated heterocycles. The smallest absolute Gasteiger partial charge is 0.303 e. The predicted molar refractivity (Wildman–Crippen MR) is 44.6 cm³/mol. The molecule has 0 radical (unpaired) electrons. The summed E-state index contributed by atoms with van der Waals surface area (Å²) in [4.78, 5) is 10.5. The highest BCUT2D eigenvalue weighted by Crippen LogP contribution is 1.98. The Morgan fingerprint density at radius 2 is 2.18 bits per heavy atom. The van der Waals surface area contributed by atoms with Crippen LogP contribution in [-0.2, 0) is 4.79 Å². The fourth-order valence-electron chi connectivity index (χ4n) is 0.405. The number of carboxylic acid groups (broad SMARTS) is 1. The van der Waals surface area contributed by atoms with E-state index in [1.807, 2.05) is 0 Å². The van der Waals surface area contributed by atoms with E-state index in [-0.39, 0.29) is 0 Å². The molecule has 3 nitrogen and oxygen atoms in total. The number of carboxylic acids is 1. The van der Waals surface area contributed by atoms with Crippen molar-refractivity contribution in [2.45, 2.75) is 39.1 Å². The van der Waals surface area contributed by atoms with Crippen molar-refractivity contribution in [3.05, 3.63) is 0 Å². The first-order valence-electron chi connectivity index (χ1n) is 5.49. The van der Waals surface area contributed by atoms with E-state index in [0.717, 1.165) is 0 Å². The molecular weight excluding hydrogens is 142 g/mol. The van der Waals surface area contributed by atoms with Gasteiger partial charge in [-0.1, -0.05) is 0 Å². The normalized spacial score (nSPS) is 23.9. The van der Waals surface area contributed by atoms with Crippen LogP contribution < -0.4 is 5.32 Å². The average molecular weight is 163 g/mol. The second kappa shape index (κ2) is 4.34. The lowest BCUT2D eigenvalue weighted by Crippen LogP contribution is -2.36. The number of nitrogens with one attached hydrogen (secondary N) is 1. The Bertz CT molecular complexity index is 239. The van der Waals surface area contributed by atoms with Crippen molar-refractivity contribution in [1.82, 2.24) is 5.32 Å². The summed E-state index contributed by atoms with van der Waals surface area (Å²) in [7, 11) is 0. The van der Waals surface area contributed by atoms with Crippen molar-refractivity contribution < 1.29 is 15.4 Å². The van der Waals surface area contributed by atoms with Crippen molar-refractivity contribution in [2.75, 3.05) is 6.52 Å². The number of hydrogen-bond acceptors (Lipinski definition) is 2. The van der Waals surface area contributed by atoms with Gasteiger partial charge < -0.3 is 10.4 Å². The van der Waals surface area contributed by atoms with Gasteiger partial charge in [-0.25, -0.2) is 0 Å². The van der Waals surface area contributed by atoms with E-state index in [2.05, 4.69) is 5.32 Å². The Kier molecular flexibility index (Phi) is 2.03. The molecule has 66 valence electrons. The van der Waals surface area contributed by atoms with Crippen LogP contribution in [0.1, 0.15) is 39.0 Å². The lowest BCUT2D eigenvalue weighted by molar-refractivity contribution is -0.137. The van der Waals surface area contributed by atoms with E-state index < -0.39 is 30.8 Å². The molecule has 2 atom stereocenters. The van der Waals surface area contributed by atoms with Gasteiger partial charge in [-0.3, -0.25) is 4.79 Å². The average Bonchev–Trinajstić information content (AvgIpc) is 1.99. The van der Waals surface area contributed by atoms with Crippen LogP contribution in [0.2, 0.25) is 0 Å². The third-order valence-electron chi connectivity index (χ3n) is 0.806. The van der Waals surface area contributed by atoms with Crippen LogP contribution in [0, 0.1) is 0 Å². The monoisotopic (exact) mass is 163 g/mol. The highest BCUT2D eigenvalue weighted by atomic mass is 16.4. The number of aliphatic carboxylic acids is 1. The second-order valence-electron chi connectivity index (χ2n) is 3.18. The quantitative estimate of drug-likeness (QED) is 0.655. The number of rotatable bonds is 4. The van der Waals surface area contributed by atoms with Crippen LogP contribution in [0.15, 0.2) is 0 Å². The lowest BCUT2D eigenvalue weighted by atomic mass is 10.1. The molecule has 0 fully saturated rings. The highest BCUT2D eigenvalue weighted by molar-refractivity contribution is 5.66. The molecule has 0 aliphatic carbocycles. The summed E-state index contributed by atoms with van der Waals surface area (Å²) in [6, 6.07) is 0. The molecule has 0 heterocycles. The van der Waals surface area contributed by atoms with Crippen LogP contribution >= 0.6 is 0 Å². The minimum absolute atomic E-state index is 0.458. The van der Waals surface area contributed by atoms with E-state index in [9.17, 15) is 4.79 Å². The summed E-state index contributed by atoms with van der Waals surface area (Å²) in [5, 5.41) is 11.2. The van der Waals surface area contributed by atoms with Gasteiger partial charge >= 0.3 is 5.97 Å². The summed E-state index contributed by atoms with van der Waals surface area (Å²) < 4.78 is 29.2.